The second-order valence-electron chi connectivity index (χ2n) is 9.26. The van der Waals surface area contributed by atoms with Crippen LogP contribution in [0.25, 0.3) is 0 Å². The quantitative estimate of drug-likeness (QED) is 0.484. The molecule has 176 valence electrons. The van der Waals surface area contributed by atoms with Crippen LogP contribution in [0.5, 0.6) is 5.75 Å². The Labute approximate surface area is 186 Å². The van der Waals surface area contributed by atoms with E-state index in [2.05, 4.69) is 13.8 Å². The Morgan fingerprint density at radius 2 is 1.74 bits per heavy atom. The van der Waals surface area contributed by atoms with E-state index in [1.54, 1.807) is 24.0 Å². The highest BCUT2D eigenvalue weighted by molar-refractivity contribution is 5.72. The van der Waals surface area contributed by atoms with E-state index < -0.39 is 12.1 Å². The number of benzene rings is 1. The summed E-state index contributed by atoms with van der Waals surface area (Å²) in [5.41, 5.74) is 0.775. The highest BCUT2D eigenvalue weighted by Crippen LogP contribution is 2.16. The van der Waals surface area contributed by atoms with E-state index in [0.29, 0.717) is 51.0 Å². The molecule has 0 saturated heterocycles. The topological polar surface area (TPSA) is 85.3 Å². The summed E-state index contributed by atoms with van der Waals surface area (Å²) in [5, 5.41) is 9.20. The van der Waals surface area contributed by atoms with E-state index in [4.69, 9.17) is 14.2 Å². The number of amides is 1. The normalized spacial score (nSPS) is 12.5. The lowest BCUT2D eigenvalue weighted by molar-refractivity contribution is -0.149. The van der Waals surface area contributed by atoms with Crippen molar-refractivity contribution >= 4 is 12.1 Å². The van der Waals surface area contributed by atoms with Gasteiger partial charge in [-0.25, -0.2) is 9.59 Å². The Bertz CT molecular complexity index is 666. The molecule has 0 spiro atoms. The zero-order valence-corrected chi connectivity index (χ0v) is 19.8. The Hall–Kier alpha value is -2.28. The van der Waals surface area contributed by atoms with Crippen LogP contribution in [-0.2, 0) is 20.7 Å². The van der Waals surface area contributed by atoms with Crippen LogP contribution in [0.15, 0.2) is 24.3 Å². The van der Waals surface area contributed by atoms with Gasteiger partial charge in [0.25, 0.3) is 0 Å². The molecule has 0 radical (unpaired) electrons. The van der Waals surface area contributed by atoms with Gasteiger partial charge in [0.1, 0.15) is 12.4 Å². The maximum atomic E-state index is 12.5. The van der Waals surface area contributed by atoms with Crippen LogP contribution in [0.3, 0.4) is 0 Å². The van der Waals surface area contributed by atoms with Gasteiger partial charge in [-0.2, -0.15) is 0 Å². The molecule has 0 aromatic heterocycles. The molecule has 0 fully saturated rings. The third kappa shape index (κ3) is 11.6. The molecule has 1 unspecified atom stereocenters. The minimum Gasteiger partial charge on any atom is -0.492 e. The van der Waals surface area contributed by atoms with Gasteiger partial charge in [-0.05, 0) is 42.4 Å². The fourth-order valence-corrected chi connectivity index (χ4v) is 2.71. The van der Waals surface area contributed by atoms with Crippen LogP contribution in [0.1, 0.15) is 53.5 Å². The van der Waals surface area contributed by atoms with Crippen molar-refractivity contribution in [1.82, 2.24) is 4.90 Å². The van der Waals surface area contributed by atoms with Crippen LogP contribution >= 0.6 is 0 Å². The van der Waals surface area contributed by atoms with Crippen molar-refractivity contribution in [3.05, 3.63) is 29.8 Å². The first kappa shape index (κ1) is 26.8. The third-order valence-corrected chi connectivity index (χ3v) is 4.48. The highest BCUT2D eigenvalue weighted by Gasteiger charge is 2.20. The number of carbonyl (C=O) groups excluding carboxylic acids is 1. The standard InChI is InChI=1S/C24H39NO6/c1-7-29-21(22(26)27)16-19-8-10-20(11-9-19)30-15-14-25(13-12-18(2)3)23(28)31-17-24(4,5)6/h8-11,18,21H,7,12-17H2,1-6H3,(H,26,27). The molecule has 1 rings (SSSR count). The lowest BCUT2D eigenvalue weighted by atomic mass is 9.99. The van der Waals surface area contributed by atoms with Crippen LogP contribution in [0, 0.1) is 11.3 Å². The van der Waals surface area contributed by atoms with Crippen LogP contribution in [0.2, 0.25) is 0 Å². The predicted octanol–water partition coefficient (Wildman–Crippen LogP) is 4.63. The number of hydrogen-bond acceptors (Lipinski definition) is 5. The molecule has 0 bridgehead atoms. The van der Waals surface area contributed by atoms with E-state index in [0.717, 1.165) is 12.0 Å². The van der Waals surface area contributed by atoms with E-state index in [9.17, 15) is 14.7 Å². The number of carboxylic acids is 1. The number of carboxylic acid groups (broad SMARTS) is 1. The Morgan fingerprint density at radius 1 is 1.10 bits per heavy atom. The molecule has 7 heteroatoms. The maximum Gasteiger partial charge on any atom is 0.409 e. The van der Waals surface area contributed by atoms with Crippen molar-refractivity contribution in [3.8, 4) is 5.75 Å². The molecule has 0 heterocycles. The lowest BCUT2D eigenvalue weighted by Crippen LogP contribution is -2.37. The van der Waals surface area contributed by atoms with E-state index in [1.165, 1.54) is 0 Å². The molecular formula is C24H39NO6. The van der Waals surface area contributed by atoms with Crippen molar-refractivity contribution in [3.63, 3.8) is 0 Å². The first-order valence-corrected chi connectivity index (χ1v) is 11.0. The highest BCUT2D eigenvalue weighted by atomic mass is 16.6. The van der Waals surface area contributed by atoms with Crippen LogP contribution in [0.4, 0.5) is 4.79 Å². The summed E-state index contributed by atoms with van der Waals surface area (Å²) in [6.07, 6.45) is 0.0196. The molecule has 31 heavy (non-hydrogen) atoms. The largest absolute Gasteiger partial charge is 0.492 e. The first-order chi connectivity index (χ1) is 14.5. The van der Waals surface area contributed by atoms with Crippen molar-refractivity contribution in [1.29, 1.82) is 0 Å². The van der Waals surface area contributed by atoms with Crippen molar-refractivity contribution in [2.24, 2.45) is 11.3 Å². The van der Waals surface area contributed by atoms with Gasteiger partial charge >= 0.3 is 12.1 Å². The van der Waals surface area contributed by atoms with Crippen LogP contribution in [-0.4, -0.2) is 61.1 Å². The second-order valence-corrected chi connectivity index (χ2v) is 9.26. The Morgan fingerprint density at radius 3 is 2.26 bits per heavy atom. The second kappa shape index (κ2) is 13.2. The number of ether oxygens (including phenoxy) is 3. The van der Waals surface area contributed by atoms with Crippen molar-refractivity contribution in [2.45, 2.75) is 60.5 Å². The van der Waals surface area contributed by atoms with E-state index in [1.807, 2.05) is 32.9 Å². The molecule has 0 saturated carbocycles. The molecule has 1 amide bonds. The van der Waals surface area contributed by atoms with Gasteiger partial charge in [0.2, 0.25) is 0 Å². The third-order valence-electron chi connectivity index (χ3n) is 4.48. The molecular weight excluding hydrogens is 398 g/mol. The van der Waals surface area contributed by atoms with Gasteiger partial charge in [0.15, 0.2) is 6.10 Å². The fourth-order valence-electron chi connectivity index (χ4n) is 2.71. The fraction of sp³-hybridized carbons (Fsp3) is 0.667. The summed E-state index contributed by atoms with van der Waals surface area (Å²) >= 11 is 0. The molecule has 0 aliphatic rings. The summed E-state index contributed by atoms with van der Waals surface area (Å²) in [4.78, 5) is 25.4. The Kier molecular flexibility index (Phi) is 11.4. The summed E-state index contributed by atoms with van der Waals surface area (Å²) in [6.45, 7) is 14.2. The average Bonchev–Trinajstić information content (AvgIpc) is 2.68. The van der Waals surface area contributed by atoms with Gasteiger partial charge in [0.05, 0.1) is 13.2 Å². The maximum absolute atomic E-state index is 12.5. The number of rotatable bonds is 13. The molecule has 1 aromatic carbocycles. The van der Waals surface area contributed by atoms with E-state index in [-0.39, 0.29) is 11.5 Å². The summed E-state index contributed by atoms with van der Waals surface area (Å²) in [7, 11) is 0. The molecule has 1 atom stereocenters. The number of hydrogen-bond donors (Lipinski definition) is 1. The van der Waals surface area contributed by atoms with Gasteiger partial charge < -0.3 is 24.2 Å². The SMILES string of the molecule is CCOC(Cc1ccc(OCCN(CCC(C)C)C(=O)OCC(C)(C)C)cc1)C(=O)O. The number of aliphatic carboxylic acids is 1. The lowest BCUT2D eigenvalue weighted by Gasteiger charge is -2.25. The monoisotopic (exact) mass is 437 g/mol. The van der Waals surface area contributed by atoms with Gasteiger partial charge in [-0.3, -0.25) is 0 Å². The zero-order valence-electron chi connectivity index (χ0n) is 19.8. The summed E-state index contributed by atoms with van der Waals surface area (Å²) in [6, 6.07) is 7.27. The summed E-state index contributed by atoms with van der Waals surface area (Å²) in [5.74, 6) is 0.179. The van der Waals surface area contributed by atoms with Crippen molar-refractivity contribution < 1.29 is 28.9 Å². The smallest absolute Gasteiger partial charge is 0.409 e. The predicted molar refractivity (Wildman–Crippen MR) is 121 cm³/mol. The first-order valence-electron chi connectivity index (χ1n) is 11.0. The number of carbonyl (C=O) groups is 2. The van der Waals surface area contributed by atoms with Crippen molar-refractivity contribution in [2.75, 3.05) is 32.9 Å². The zero-order chi connectivity index (χ0) is 23.4. The van der Waals surface area contributed by atoms with Gasteiger partial charge in [-0.1, -0.05) is 46.8 Å². The Balaban J connectivity index is 2.59. The minimum atomic E-state index is -0.970. The minimum absolute atomic E-state index is 0.0839. The molecule has 0 aliphatic heterocycles. The number of nitrogens with zero attached hydrogens (tertiary/aromatic N) is 1. The van der Waals surface area contributed by atoms with Gasteiger partial charge in [0, 0.05) is 19.6 Å². The summed E-state index contributed by atoms with van der Waals surface area (Å²) < 4.78 is 16.5. The molecule has 7 nitrogen and oxygen atoms in total. The van der Waals surface area contributed by atoms with Gasteiger partial charge in [-0.15, -0.1) is 0 Å². The molecule has 0 aliphatic carbocycles. The van der Waals surface area contributed by atoms with E-state index >= 15 is 0 Å². The van der Waals surface area contributed by atoms with Crippen LogP contribution < -0.4 is 4.74 Å². The molecule has 1 aromatic rings. The average molecular weight is 438 g/mol. The molecule has 1 N–H and O–H groups in total.